The van der Waals surface area contributed by atoms with Gasteiger partial charge in [-0.15, -0.1) is 0 Å². The van der Waals surface area contributed by atoms with Gasteiger partial charge in [0.25, 0.3) is 5.91 Å². The van der Waals surface area contributed by atoms with E-state index >= 15 is 0 Å². The number of anilines is 1. The van der Waals surface area contributed by atoms with Crippen LogP contribution in [0, 0.1) is 29.3 Å². The van der Waals surface area contributed by atoms with Crippen LogP contribution in [0.2, 0.25) is 0 Å². The van der Waals surface area contributed by atoms with Crippen molar-refractivity contribution in [3.8, 4) is 0 Å². The summed E-state index contributed by atoms with van der Waals surface area (Å²) in [6.45, 7) is -0.288. The summed E-state index contributed by atoms with van der Waals surface area (Å²) in [6, 6.07) is 1.25. The van der Waals surface area contributed by atoms with Gasteiger partial charge in [-0.3, -0.25) is 4.79 Å². The first kappa shape index (κ1) is 23.3. The summed E-state index contributed by atoms with van der Waals surface area (Å²) in [7, 11) is -2.40. The van der Waals surface area contributed by atoms with Crippen molar-refractivity contribution >= 4 is 33.0 Å². The predicted octanol–water partition coefficient (Wildman–Crippen LogP) is 3.06. The molecule has 5 rings (SSSR count). The smallest absolute Gasteiger partial charge is 0.251 e. The number of rotatable bonds is 6. The van der Waals surface area contributed by atoms with Gasteiger partial charge in [-0.1, -0.05) is 17.7 Å². The van der Waals surface area contributed by atoms with Gasteiger partial charge in [-0.25, -0.2) is 21.6 Å². The zero-order valence-electron chi connectivity index (χ0n) is 16.9. The number of methoxy groups -OCH3 is 1. The number of sulfone groups is 1. The van der Waals surface area contributed by atoms with E-state index in [9.17, 15) is 31.5 Å². The summed E-state index contributed by atoms with van der Waals surface area (Å²) in [5.74, 6) is -5.92. The fraction of sp³-hybridized carbons (Fsp3) is 0.476. The van der Waals surface area contributed by atoms with Crippen LogP contribution in [0.5, 0.6) is 0 Å². The second kappa shape index (κ2) is 8.16. The molecule has 5 atom stereocenters. The third kappa shape index (κ3) is 3.57. The topological polar surface area (TPSA) is 92.7 Å². The number of amides is 1. The summed E-state index contributed by atoms with van der Waals surface area (Å²) in [6.07, 6.45) is 3.46. The third-order valence-electron chi connectivity index (χ3n) is 6.84. The molecule has 11 heteroatoms. The summed E-state index contributed by atoms with van der Waals surface area (Å²) in [5, 5.41) is 10.2. The number of aliphatic hydroxyl groups is 1. The molecule has 0 aliphatic heterocycles. The Morgan fingerprint density at radius 3 is 2.50 bits per heavy atom. The molecule has 0 saturated heterocycles. The molecule has 0 radical (unpaired) electrons. The maximum absolute atomic E-state index is 13.4. The van der Waals surface area contributed by atoms with Gasteiger partial charge < -0.3 is 15.2 Å². The van der Waals surface area contributed by atoms with Gasteiger partial charge in [0.15, 0.2) is 27.3 Å². The zero-order valence-corrected chi connectivity index (χ0v) is 18.5. The molecule has 2 N–H and O–H groups in total. The molecule has 6 nitrogen and oxygen atoms in total. The highest BCUT2D eigenvalue weighted by Gasteiger charge is 2.67. The summed E-state index contributed by atoms with van der Waals surface area (Å²) < 4.78 is 72.3. The average Bonchev–Trinajstić information content (AvgIpc) is 3.27. The summed E-state index contributed by atoms with van der Waals surface area (Å²) in [5.41, 5.74) is -1.17. The van der Waals surface area contributed by atoms with E-state index in [1.54, 1.807) is 0 Å². The van der Waals surface area contributed by atoms with Gasteiger partial charge in [-0.05, 0) is 31.3 Å². The second-order valence-corrected chi connectivity index (χ2v) is 11.2. The van der Waals surface area contributed by atoms with E-state index in [-0.39, 0.29) is 41.2 Å². The van der Waals surface area contributed by atoms with Crippen LogP contribution in [-0.2, 0) is 19.4 Å². The Kier molecular flexibility index (Phi) is 5.94. The number of allylic oxidation sites excluding steroid dienone is 2. The second-order valence-electron chi connectivity index (χ2n) is 8.43. The van der Waals surface area contributed by atoms with Gasteiger partial charge in [0.05, 0.1) is 17.5 Å². The molecule has 174 valence electrons. The molecule has 4 aliphatic rings. The van der Waals surface area contributed by atoms with Crippen LogP contribution in [-0.4, -0.2) is 49.2 Å². The van der Waals surface area contributed by atoms with Crippen molar-refractivity contribution in [2.75, 3.05) is 19.0 Å². The minimum atomic E-state index is -3.84. The average molecular weight is 492 g/mol. The van der Waals surface area contributed by atoms with E-state index in [2.05, 4.69) is 5.32 Å². The maximum atomic E-state index is 13.4. The molecule has 1 aromatic carbocycles. The van der Waals surface area contributed by atoms with Crippen LogP contribution in [0.15, 0.2) is 34.9 Å². The molecule has 1 aromatic rings. The molecule has 0 heterocycles. The minimum absolute atomic E-state index is 0.0416. The Labute approximate surface area is 188 Å². The fourth-order valence-corrected chi connectivity index (χ4v) is 8.39. The molecule has 0 spiro atoms. The standard InChI is InChI=1S/C21H21ClF3NO5S/c1-31-21(9-27)8-11-4-13(21)19(11)32(29,30)17-5-10(2-3-14(17)22)20(28)26-12-6-15(23)18(25)16(24)7-12/h2-3,6-7,11,13,17,19,27H,4-5,8-9H2,1H3,(H,26,28)/t11?,13?,17?,19-,21-/m1/s1. The highest BCUT2D eigenvalue weighted by atomic mass is 35.5. The lowest BCUT2D eigenvalue weighted by molar-refractivity contribution is -0.113. The van der Waals surface area contributed by atoms with Gasteiger partial charge in [-0.2, -0.15) is 0 Å². The normalized spacial score (nSPS) is 31.6. The number of aliphatic hydroxyl groups excluding tert-OH is 1. The van der Waals surface area contributed by atoms with Crippen molar-refractivity contribution in [3.63, 3.8) is 0 Å². The lowest BCUT2D eigenvalue weighted by Gasteiger charge is -2.41. The molecular weight excluding hydrogens is 471 g/mol. The number of ether oxygens (including phenoxy) is 1. The fourth-order valence-electron chi connectivity index (χ4n) is 5.14. The van der Waals surface area contributed by atoms with E-state index in [0.29, 0.717) is 25.0 Å². The van der Waals surface area contributed by atoms with Crippen LogP contribution in [0.3, 0.4) is 0 Å². The van der Waals surface area contributed by atoms with Crippen LogP contribution in [0.25, 0.3) is 0 Å². The SMILES string of the molecule is CO[C@@]1(CO)CC2CC1[C@@H]2S(=O)(=O)C1CC(C(=O)Nc2cc(F)c(F)c(F)c2)=CC=C1Cl. The first-order chi connectivity index (χ1) is 15.0. The number of benzene rings is 1. The molecule has 0 aromatic heterocycles. The van der Waals surface area contributed by atoms with E-state index in [1.807, 2.05) is 0 Å². The van der Waals surface area contributed by atoms with Gasteiger partial charge in [0.1, 0.15) is 5.25 Å². The van der Waals surface area contributed by atoms with E-state index < -0.39 is 49.3 Å². The monoisotopic (exact) mass is 491 g/mol. The molecule has 3 unspecified atom stereocenters. The number of nitrogens with one attached hydrogen (secondary N) is 1. The van der Waals surface area contributed by atoms with Crippen molar-refractivity contribution in [1.29, 1.82) is 0 Å². The largest absolute Gasteiger partial charge is 0.393 e. The molecule has 1 amide bonds. The van der Waals surface area contributed by atoms with Crippen molar-refractivity contribution in [3.05, 3.63) is 52.3 Å². The summed E-state index contributed by atoms with van der Waals surface area (Å²) >= 11 is 6.22. The van der Waals surface area contributed by atoms with Crippen LogP contribution < -0.4 is 5.32 Å². The molecular formula is C21H21ClF3NO5S. The Hall–Kier alpha value is -1.88. The van der Waals surface area contributed by atoms with Gasteiger partial charge in [0.2, 0.25) is 0 Å². The first-order valence-electron chi connectivity index (χ1n) is 9.95. The quantitative estimate of drug-likeness (QED) is 0.597. The Morgan fingerprint density at radius 2 is 1.94 bits per heavy atom. The lowest BCUT2D eigenvalue weighted by Crippen LogP contribution is -2.51. The highest BCUT2D eigenvalue weighted by Crippen LogP contribution is 2.60. The van der Waals surface area contributed by atoms with Crippen LogP contribution >= 0.6 is 11.6 Å². The van der Waals surface area contributed by atoms with Crippen molar-refractivity contribution in [2.45, 2.75) is 35.4 Å². The Balaban J connectivity index is 1.53. The maximum Gasteiger partial charge on any atom is 0.251 e. The lowest BCUT2D eigenvalue weighted by atomic mass is 9.80. The van der Waals surface area contributed by atoms with Crippen molar-refractivity contribution in [2.24, 2.45) is 11.8 Å². The molecule has 2 bridgehead atoms. The Bertz CT molecular complexity index is 1110. The van der Waals surface area contributed by atoms with Gasteiger partial charge >= 0.3 is 0 Å². The van der Waals surface area contributed by atoms with Crippen LogP contribution in [0.1, 0.15) is 19.3 Å². The minimum Gasteiger partial charge on any atom is -0.393 e. The highest BCUT2D eigenvalue weighted by molar-refractivity contribution is 7.93. The van der Waals surface area contributed by atoms with E-state index in [0.717, 1.165) is 0 Å². The van der Waals surface area contributed by atoms with Crippen LogP contribution in [0.4, 0.5) is 18.9 Å². The molecule has 32 heavy (non-hydrogen) atoms. The van der Waals surface area contributed by atoms with Crippen molar-refractivity contribution in [1.82, 2.24) is 0 Å². The zero-order chi connectivity index (χ0) is 23.4. The molecule has 4 aliphatic carbocycles. The number of halogens is 4. The number of carbonyl (C=O) groups excluding carboxylic acids is 1. The predicted molar refractivity (Wildman–Crippen MR) is 111 cm³/mol. The van der Waals surface area contributed by atoms with E-state index in [1.165, 1.54) is 19.3 Å². The first-order valence-corrected chi connectivity index (χ1v) is 11.9. The Morgan fingerprint density at radius 1 is 1.28 bits per heavy atom. The molecule has 3 fully saturated rings. The number of fused-ring (bicyclic) bond motifs is 1. The number of hydrogen-bond acceptors (Lipinski definition) is 5. The van der Waals surface area contributed by atoms with Gasteiger partial charge in [0, 0.05) is 41.5 Å². The summed E-state index contributed by atoms with van der Waals surface area (Å²) in [4.78, 5) is 12.6. The molecule has 3 saturated carbocycles. The van der Waals surface area contributed by atoms with E-state index in [4.69, 9.17) is 16.3 Å². The van der Waals surface area contributed by atoms with Crippen molar-refractivity contribution < 1.29 is 36.2 Å². The third-order valence-corrected chi connectivity index (χ3v) is 10.0. The number of carbonyl (C=O) groups is 1. The number of hydrogen-bond donors (Lipinski definition) is 2.